The molecule has 0 bridgehead atoms. The summed E-state index contributed by atoms with van der Waals surface area (Å²) in [5.74, 6) is 0.827. The molecule has 0 amide bonds. The van der Waals surface area contributed by atoms with Crippen LogP contribution in [0.5, 0.6) is 11.5 Å². The van der Waals surface area contributed by atoms with Gasteiger partial charge in [0, 0.05) is 11.1 Å². The predicted octanol–water partition coefficient (Wildman–Crippen LogP) is 2.79. The summed E-state index contributed by atoms with van der Waals surface area (Å²) in [7, 11) is -2.90. The fourth-order valence-corrected chi connectivity index (χ4v) is 4.01. The number of nitrogens with zero attached hydrogens (tertiary/aromatic N) is 4. The average Bonchev–Trinajstić information content (AvgIpc) is 3.03. The summed E-state index contributed by atoms with van der Waals surface area (Å²) >= 11 is 0. The number of hydrogen-bond acceptors (Lipinski definition) is 11. The van der Waals surface area contributed by atoms with E-state index in [2.05, 4.69) is 20.4 Å². The zero-order valence-corrected chi connectivity index (χ0v) is 19.2. The number of benzene rings is 4. The molecule has 0 aliphatic carbocycles. The lowest BCUT2D eigenvalue weighted by molar-refractivity contribution is 0.228. The van der Waals surface area contributed by atoms with Crippen LogP contribution in [0.2, 0.25) is 0 Å². The number of hydrogen-bond donors (Lipinski definition) is 2. The monoisotopic (exact) mass is 492 g/mol. The summed E-state index contributed by atoms with van der Waals surface area (Å²) in [5.41, 5.74) is 13.1. The van der Waals surface area contributed by atoms with E-state index in [1.54, 1.807) is 12.1 Å². The largest absolute Gasteiger partial charge is 0.779 e. The zero-order valence-electron chi connectivity index (χ0n) is 19.2. The van der Waals surface area contributed by atoms with E-state index >= 15 is 0 Å². The molecule has 0 unspecified atom stereocenters. The molecule has 0 aromatic heterocycles. The fraction of sp³-hybridized carbons (Fsp3) is 0. The second kappa shape index (κ2) is 9.55. The van der Waals surface area contributed by atoms with Gasteiger partial charge in [-0.2, -0.15) is 10.2 Å². The molecule has 0 radical (unpaired) electrons. The minimum Gasteiger partial charge on any atom is -0.501 e. The molecular formula is C24H18B2N6O5. The van der Waals surface area contributed by atoms with E-state index in [1.165, 1.54) is 12.4 Å². The lowest BCUT2D eigenvalue weighted by Crippen LogP contribution is -2.46. The van der Waals surface area contributed by atoms with Crippen LogP contribution >= 0.6 is 0 Å². The molecule has 0 saturated heterocycles. The molecule has 4 aromatic carbocycles. The lowest BCUT2D eigenvalue weighted by atomic mass is 10.0. The minimum atomic E-state index is -1.45. The standard InChI is InChI=1S/C24H18B2N6O5/c27-23-31-29-13-19-17-7-3-1-5-15(17)9-11-21(19)33-25(35-23)37-26-34-22-12-10-16-6-2-4-8-18(16)20(22)14-30-32-24(28)36-26/h1-14H,(H2,27,31)(H2,28,32). The first-order valence-electron chi connectivity index (χ1n) is 11.2. The third-order valence-electron chi connectivity index (χ3n) is 5.65. The van der Waals surface area contributed by atoms with Gasteiger partial charge in [-0.1, -0.05) is 70.9 Å². The van der Waals surface area contributed by atoms with E-state index in [-0.39, 0.29) is 12.0 Å². The maximum absolute atomic E-state index is 6.03. The Balaban J connectivity index is 1.35. The van der Waals surface area contributed by atoms with Gasteiger partial charge in [0.15, 0.2) is 0 Å². The molecule has 11 nitrogen and oxygen atoms in total. The Kier molecular flexibility index (Phi) is 5.79. The van der Waals surface area contributed by atoms with Crippen molar-refractivity contribution in [2.75, 3.05) is 0 Å². The average molecular weight is 492 g/mol. The summed E-state index contributed by atoms with van der Waals surface area (Å²) in [6.45, 7) is 0. The van der Waals surface area contributed by atoms with Gasteiger partial charge in [0.1, 0.15) is 11.5 Å². The van der Waals surface area contributed by atoms with Gasteiger partial charge in [-0.3, -0.25) is 0 Å². The molecule has 0 atom stereocenters. The normalized spacial score (nSPS) is 15.1. The molecule has 13 heteroatoms. The molecule has 180 valence electrons. The van der Waals surface area contributed by atoms with Crippen molar-refractivity contribution in [1.29, 1.82) is 0 Å². The Morgan fingerprint density at radius 3 is 1.51 bits per heavy atom. The van der Waals surface area contributed by atoms with Crippen LogP contribution in [0.15, 0.2) is 93.2 Å². The highest BCUT2D eigenvalue weighted by Crippen LogP contribution is 2.30. The van der Waals surface area contributed by atoms with Gasteiger partial charge in [0.25, 0.3) is 12.0 Å². The van der Waals surface area contributed by atoms with Crippen molar-refractivity contribution < 1.29 is 23.2 Å². The van der Waals surface area contributed by atoms with Gasteiger partial charge >= 0.3 is 14.6 Å². The van der Waals surface area contributed by atoms with Crippen molar-refractivity contribution >= 4 is 60.7 Å². The lowest BCUT2D eigenvalue weighted by Gasteiger charge is -2.20. The Morgan fingerprint density at radius 1 is 0.568 bits per heavy atom. The first kappa shape index (κ1) is 22.4. The third-order valence-corrected chi connectivity index (χ3v) is 5.65. The van der Waals surface area contributed by atoms with E-state index < -0.39 is 14.6 Å². The van der Waals surface area contributed by atoms with Crippen LogP contribution in [-0.2, 0) is 13.9 Å². The smallest absolute Gasteiger partial charge is 0.501 e. The Bertz CT molecular complexity index is 1510. The summed E-state index contributed by atoms with van der Waals surface area (Å²) in [4.78, 5) is 0. The summed E-state index contributed by atoms with van der Waals surface area (Å²) in [6.07, 6.45) is 3.07. The second-order valence-electron chi connectivity index (χ2n) is 7.95. The predicted molar refractivity (Wildman–Crippen MR) is 142 cm³/mol. The quantitative estimate of drug-likeness (QED) is 0.409. The number of amidine groups is 2. The van der Waals surface area contributed by atoms with Crippen LogP contribution in [0.4, 0.5) is 0 Å². The van der Waals surface area contributed by atoms with Crippen molar-refractivity contribution in [2.45, 2.75) is 0 Å². The molecule has 37 heavy (non-hydrogen) atoms. The fourth-order valence-electron chi connectivity index (χ4n) is 4.01. The van der Waals surface area contributed by atoms with Crippen LogP contribution in [-0.4, -0.2) is 39.1 Å². The summed E-state index contributed by atoms with van der Waals surface area (Å²) < 4.78 is 29.0. The first-order valence-corrected chi connectivity index (χ1v) is 11.2. The highest BCUT2D eigenvalue weighted by Gasteiger charge is 2.42. The number of nitrogens with two attached hydrogens (primary N) is 2. The van der Waals surface area contributed by atoms with Crippen molar-refractivity contribution in [1.82, 2.24) is 0 Å². The molecule has 4 N–H and O–H groups in total. The van der Waals surface area contributed by atoms with E-state index in [0.29, 0.717) is 22.6 Å². The molecule has 4 aromatic rings. The number of fused-ring (bicyclic) bond motifs is 6. The van der Waals surface area contributed by atoms with Gasteiger partial charge in [-0.05, 0) is 33.7 Å². The third kappa shape index (κ3) is 4.62. The molecule has 2 heterocycles. The SMILES string of the molecule is NC1=NN=Cc2c(ccc3ccccc23)OB(OB2OC(N)=NN=Cc3c(ccc4ccccc34)O2)O1. The maximum Gasteiger partial charge on any atom is 0.779 e. The van der Waals surface area contributed by atoms with Crippen LogP contribution in [0.25, 0.3) is 21.5 Å². The maximum atomic E-state index is 6.03. The Hall–Kier alpha value is -5.03. The molecule has 0 spiro atoms. The van der Waals surface area contributed by atoms with Gasteiger partial charge in [-0.25, -0.2) is 0 Å². The summed E-state index contributed by atoms with van der Waals surface area (Å²) in [6, 6.07) is 22.3. The van der Waals surface area contributed by atoms with Crippen molar-refractivity contribution in [3.8, 4) is 11.5 Å². The van der Waals surface area contributed by atoms with Crippen LogP contribution in [0, 0.1) is 0 Å². The number of rotatable bonds is 2. The van der Waals surface area contributed by atoms with E-state index in [1.807, 2.05) is 60.7 Å². The van der Waals surface area contributed by atoms with Crippen molar-refractivity contribution in [2.24, 2.45) is 31.9 Å². The zero-order chi connectivity index (χ0) is 25.2. The molecular weight excluding hydrogens is 474 g/mol. The highest BCUT2D eigenvalue weighted by molar-refractivity contribution is 6.55. The van der Waals surface area contributed by atoms with E-state index in [4.69, 9.17) is 34.7 Å². The summed E-state index contributed by atoms with van der Waals surface area (Å²) in [5, 5.41) is 19.5. The van der Waals surface area contributed by atoms with Gasteiger partial charge < -0.3 is 34.7 Å². The van der Waals surface area contributed by atoms with Crippen LogP contribution in [0.3, 0.4) is 0 Å². The molecule has 0 saturated carbocycles. The topological polar surface area (TPSA) is 148 Å². The highest BCUT2D eigenvalue weighted by atomic mass is 16.8. The molecule has 2 aliphatic rings. The Labute approximate surface area is 211 Å². The second-order valence-corrected chi connectivity index (χ2v) is 7.95. The molecule has 2 aliphatic heterocycles. The van der Waals surface area contributed by atoms with E-state index in [0.717, 1.165) is 21.5 Å². The Morgan fingerprint density at radius 2 is 1.03 bits per heavy atom. The van der Waals surface area contributed by atoms with E-state index in [9.17, 15) is 0 Å². The first-order chi connectivity index (χ1) is 18.1. The van der Waals surface area contributed by atoms with Crippen molar-refractivity contribution in [3.05, 3.63) is 83.9 Å². The van der Waals surface area contributed by atoms with Gasteiger partial charge in [-0.15, -0.1) is 0 Å². The van der Waals surface area contributed by atoms with Crippen molar-refractivity contribution in [3.63, 3.8) is 0 Å². The van der Waals surface area contributed by atoms with Gasteiger partial charge in [0.05, 0.1) is 12.4 Å². The molecule has 6 rings (SSSR count). The molecule has 0 fully saturated rings. The van der Waals surface area contributed by atoms with Crippen LogP contribution < -0.4 is 20.8 Å². The van der Waals surface area contributed by atoms with Crippen LogP contribution in [0.1, 0.15) is 11.1 Å². The van der Waals surface area contributed by atoms with Gasteiger partial charge in [0.2, 0.25) is 0 Å². The minimum absolute atomic E-state index is 0.294.